The first-order chi connectivity index (χ1) is 10.1. The molecule has 0 radical (unpaired) electrons. The highest BCUT2D eigenvalue weighted by molar-refractivity contribution is 5.35. The van der Waals surface area contributed by atoms with Crippen LogP contribution in [0.5, 0.6) is 5.88 Å². The van der Waals surface area contributed by atoms with Crippen molar-refractivity contribution in [2.24, 2.45) is 0 Å². The van der Waals surface area contributed by atoms with E-state index in [-0.39, 0.29) is 11.9 Å². The highest BCUT2D eigenvalue weighted by atomic mass is 19.1. The van der Waals surface area contributed by atoms with Gasteiger partial charge in [-0.2, -0.15) is 4.98 Å². The van der Waals surface area contributed by atoms with E-state index in [9.17, 15) is 4.39 Å². The Hall–Kier alpha value is -2.17. The van der Waals surface area contributed by atoms with Crippen molar-refractivity contribution in [3.63, 3.8) is 0 Å². The summed E-state index contributed by atoms with van der Waals surface area (Å²) < 4.78 is 19.3. The number of rotatable bonds is 6. The minimum absolute atomic E-state index is 0.230. The summed E-state index contributed by atoms with van der Waals surface area (Å²) in [7, 11) is 0. The molecule has 0 amide bonds. The van der Waals surface area contributed by atoms with Crippen molar-refractivity contribution in [3.05, 3.63) is 47.4 Å². The standard InChI is InChI=1S/C16H20FN3O/c1-4-9-21-15-10-11(2)18-16(20-15)19-12(3)13-7-5-6-8-14(13)17/h5-8,10,12H,4,9H2,1-3H3,(H,18,19,20). The average Bonchev–Trinajstić information content (AvgIpc) is 2.45. The van der Waals surface area contributed by atoms with Gasteiger partial charge in [0.2, 0.25) is 11.8 Å². The normalized spacial score (nSPS) is 12.0. The van der Waals surface area contributed by atoms with Gasteiger partial charge in [0, 0.05) is 17.3 Å². The largest absolute Gasteiger partial charge is 0.478 e. The van der Waals surface area contributed by atoms with Gasteiger partial charge in [-0.15, -0.1) is 0 Å². The van der Waals surface area contributed by atoms with Gasteiger partial charge in [0.05, 0.1) is 12.6 Å². The fraction of sp³-hybridized carbons (Fsp3) is 0.375. The summed E-state index contributed by atoms with van der Waals surface area (Å²) in [6.07, 6.45) is 0.914. The lowest BCUT2D eigenvalue weighted by molar-refractivity contribution is 0.305. The van der Waals surface area contributed by atoms with E-state index < -0.39 is 0 Å². The molecule has 21 heavy (non-hydrogen) atoms. The second-order valence-electron chi connectivity index (χ2n) is 4.91. The summed E-state index contributed by atoms with van der Waals surface area (Å²) in [5.74, 6) is 0.733. The van der Waals surface area contributed by atoms with Gasteiger partial charge in [-0.25, -0.2) is 9.37 Å². The number of aromatic nitrogens is 2. The van der Waals surface area contributed by atoms with E-state index in [0.717, 1.165) is 12.1 Å². The number of anilines is 1. The molecular formula is C16H20FN3O. The van der Waals surface area contributed by atoms with E-state index in [0.29, 0.717) is 24.0 Å². The number of aryl methyl sites for hydroxylation is 1. The molecule has 5 heteroatoms. The van der Waals surface area contributed by atoms with Crippen molar-refractivity contribution in [1.29, 1.82) is 0 Å². The Labute approximate surface area is 124 Å². The van der Waals surface area contributed by atoms with Crippen LogP contribution in [0.1, 0.15) is 37.6 Å². The summed E-state index contributed by atoms with van der Waals surface area (Å²) >= 11 is 0. The SMILES string of the molecule is CCCOc1cc(C)nc(NC(C)c2ccccc2F)n1. The minimum atomic E-state index is -0.243. The quantitative estimate of drug-likeness (QED) is 0.876. The first-order valence-corrected chi connectivity index (χ1v) is 7.09. The van der Waals surface area contributed by atoms with Crippen LogP contribution in [0.4, 0.5) is 10.3 Å². The van der Waals surface area contributed by atoms with Crippen LogP contribution in [0, 0.1) is 12.7 Å². The van der Waals surface area contributed by atoms with E-state index in [1.165, 1.54) is 6.07 Å². The smallest absolute Gasteiger partial charge is 0.226 e. The van der Waals surface area contributed by atoms with Crippen molar-refractivity contribution in [2.45, 2.75) is 33.2 Å². The molecule has 112 valence electrons. The van der Waals surface area contributed by atoms with Crippen LogP contribution in [0.15, 0.2) is 30.3 Å². The molecule has 0 aliphatic carbocycles. The molecule has 0 fully saturated rings. The molecule has 1 aromatic carbocycles. The van der Waals surface area contributed by atoms with Crippen LogP contribution in [0.2, 0.25) is 0 Å². The molecule has 4 nitrogen and oxygen atoms in total. The Morgan fingerprint density at radius 3 is 2.76 bits per heavy atom. The Morgan fingerprint density at radius 1 is 1.29 bits per heavy atom. The number of nitrogens with zero attached hydrogens (tertiary/aromatic N) is 2. The second-order valence-corrected chi connectivity index (χ2v) is 4.91. The molecule has 0 bridgehead atoms. The predicted molar refractivity (Wildman–Crippen MR) is 81.0 cm³/mol. The lowest BCUT2D eigenvalue weighted by Gasteiger charge is -2.16. The Kier molecular flexibility index (Phi) is 5.09. The first kappa shape index (κ1) is 15.2. The van der Waals surface area contributed by atoms with E-state index in [4.69, 9.17) is 4.74 Å². The molecule has 2 rings (SSSR count). The van der Waals surface area contributed by atoms with Crippen molar-refractivity contribution in [1.82, 2.24) is 9.97 Å². The molecule has 1 atom stereocenters. The molecule has 1 aromatic heterocycles. The Bertz CT molecular complexity index is 604. The zero-order valence-electron chi connectivity index (χ0n) is 12.6. The molecule has 1 N–H and O–H groups in total. The van der Waals surface area contributed by atoms with E-state index in [1.54, 1.807) is 18.2 Å². The number of nitrogens with one attached hydrogen (secondary N) is 1. The highest BCUT2D eigenvalue weighted by Crippen LogP contribution is 2.21. The van der Waals surface area contributed by atoms with Gasteiger partial charge < -0.3 is 10.1 Å². The molecule has 0 spiro atoms. The van der Waals surface area contributed by atoms with Crippen molar-refractivity contribution < 1.29 is 9.13 Å². The number of hydrogen-bond donors (Lipinski definition) is 1. The second kappa shape index (κ2) is 7.02. The lowest BCUT2D eigenvalue weighted by Crippen LogP contribution is -2.12. The Balaban J connectivity index is 2.15. The summed E-state index contributed by atoms with van der Waals surface area (Å²) in [6.45, 7) is 6.39. The third-order valence-corrected chi connectivity index (χ3v) is 3.00. The fourth-order valence-electron chi connectivity index (χ4n) is 1.98. The summed E-state index contributed by atoms with van der Waals surface area (Å²) in [5.41, 5.74) is 1.39. The van der Waals surface area contributed by atoms with Gasteiger partial charge in [0.15, 0.2) is 0 Å². The summed E-state index contributed by atoms with van der Waals surface area (Å²) in [5, 5.41) is 3.11. The van der Waals surface area contributed by atoms with Crippen LogP contribution >= 0.6 is 0 Å². The number of halogens is 1. The zero-order chi connectivity index (χ0) is 15.2. The molecule has 2 aromatic rings. The first-order valence-electron chi connectivity index (χ1n) is 7.09. The number of ether oxygens (including phenoxy) is 1. The van der Waals surface area contributed by atoms with Crippen molar-refractivity contribution in [2.75, 3.05) is 11.9 Å². The van der Waals surface area contributed by atoms with Gasteiger partial charge in [0.25, 0.3) is 0 Å². The monoisotopic (exact) mass is 289 g/mol. The molecular weight excluding hydrogens is 269 g/mol. The molecule has 0 aliphatic heterocycles. The van der Waals surface area contributed by atoms with Gasteiger partial charge in [-0.05, 0) is 26.3 Å². The van der Waals surface area contributed by atoms with Crippen LogP contribution in [-0.2, 0) is 0 Å². The lowest BCUT2D eigenvalue weighted by atomic mass is 10.1. The topological polar surface area (TPSA) is 47.0 Å². The molecule has 0 saturated heterocycles. The summed E-state index contributed by atoms with van der Waals surface area (Å²) in [6, 6.07) is 8.23. The Morgan fingerprint density at radius 2 is 2.05 bits per heavy atom. The van der Waals surface area contributed by atoms with Gasteiger partial charge in [0.1, 0.15) is 5.82 Å². The van der Waals surface area contributed by atoms with E-state index in [1.807, 2.05) is 26.8 Å². The fourth-order valence-corrected chi connectivity index (χ4v) is 1.98. The van der Waals surface area contributed by atoms with Crippen molar-refractivity contribution in [3.8, 4) is 5.88 Å². The van der Waals surface area contributed by atoms with Crippen LogP contribution in [-0.4, -0.2) is 16.6 Å². The van der Waals surface area contributed by atoms with Crippen LogP contribution in [0.25, 0.3) is 0 Å². The maximum atomic E-state index is 13.8. The molecule has 0 aliphatic rings. The maximum Gasteiger partial charge on any atom is 0.226 e. The van der Waals surface area contributed by atoms with Gasteiger partial charge >= 0.3 is 0 Å². The average molecular weight is 289 g/mol. The minimum Gasteiger partial charge on any atom is -0.478 e. The molecule has 1 unspecified atom stereocenters. The highest BCUT2D eigenvalue weighted by Gasteiger charge is 2.12. The maximum absolute atomic E-state index is 13.8. The molecule has 1 heterocycles. The summed E-state index contributed by atoms with van der Waals surface area (Å²) in [4.78, 5) is 8.61. The zero-order valence-corrected chi connectivity index (χ0v) is 12.6. The number of hydrogen-bond acceptors (Lipinski definition) is 4. The van der Waals surface area contributed by atoms with Gasteiger partial charge in [-0.3, -0.25) is 0 Å². The molecule has 0 saturated carbocycles. The van der Waals surface area contributed by atoms with Crippen molar-refractivity contribution >= 4 is 5.95 Å². The third-order valence-electron chi connectivity index (χ3n) is 3.00. The third kappa shape index (κ3) is 4.15. The predicted octanol–water partition coefficient (Wildman–Crippen LogP) is 3.89. The van der Waals surface area contributed by atoms with E-state index >= 15 is 0 Å². The van der Waals surface area contributed by atoms with Gasteiger partial charge in [-0.1, -0.05) is 25.1 Å². The van der Waals surface area contributed by atoms with Crippen LogP contribution in [0.3, 0.4) is 0 Å². The van der Waals surface area contributed by atoms with Crippen LogP contribution < -0.4 is 10.1 Å². The van der Waals surface area contributed by atoms with E-state index in [2.05, 4.69) is 15.3 Å². The number of benzene rings is 1.